The van der Waals surface area contributed by atoms with E-state index in [-0.39, 0.29) is 0 Å². The van der Waals surface area contributed by atoms with Crippen molar-refractivity contribution in [1.29, 1.82) is 0 Å². The van der Waals surface area contributed by atoms with E-state index >= 15 is 0 Å². The minimum absolute atomic E-state index is 0.519. The lowest BCUT2D eigenvalue weighted by molar-refractivity contribution is -0.107. The van der Waals surface area contributed by atoms with Gasteiger partial charge in [0.15, 0.2) is 17.8 Å². The second kappa shape index (κ2) is 7.92. The van der Waals surface area contributed by atoms with Crippen LogP contribution in [0, 0.1) is 0 Å². The maximum Gasteiger partial charge on any atom is 0.183 e. The number of benzene rings is 1. The molecule has 124 valence electrons. The summed E-state index contributed by atoms with van der Waals surface area (Å²) in [6.45, 7) is 0. The van der Waals surface area contributed by atoms with Crippen molar-refractivity contribution >= 4 is 0 Å². The third kappa shape index (κ3) is 3.61. The maximum absolute atomic E-state index is 10.8. The zero-order chi connectivity index (χ0) is 16.8. The molecule has 0 aliphatic carbocycles. The average molecular weight is 319 g/mol. The highest BCUT2D eigenvalue weighted by Crippen LogP contribution is 2.38. The smallest absolute Gasteiger partial charge is 0.183 e. The Morgan fingerprint density at radius 2 is 1.39 bits per heavy atom. The van der Waals surface area contributed by atoms with E-state index in [0.29, 0.717) is 28.2 Å². The summed E-state index contributed by atoms with van der Waals surface area (Å²) in [6.07, 6.45) is 1.74. The van der Waals surface area contributed by atoms with Gasteiger partial charge in [-0.1, -0.05) is 0 Å². The molecule has 1 unspecified atom stereocenters. The largest absolute Gasteiger partial charge is 0.493 e. The number of pyridine rings is 1. The molecule has 1 N–H and O–H groups in total. The fraction of sp³-hybridized carbons (Fsp3) is 0.353. The number of hydrogen-bond acceptors (Lipinski definition) is 6. The molecule has 0 bridgehead atoms. The molecule has 0 fully saturated rings. The molecule has 23 heavy (non-hydrogen) atoms. The Balaban J connectivity index is 2.59. The van der Waals surface area contributed by atoms with E-state index in [1.807, 2.05) is 0 Å². The van der Waals surface area contributed by atoms with Crippen LogP contribution in [0.2, 0.25) is 0 Å². The highest BCUT2D eigenvalue weighted by molar-refractivity contribution is 5.50. The van der Waals surface area contributed by atoms with E-state index in [0.717, 1.165) is 0 Å². The number of aliphatic hydroxyl groups excluding tert-OH is 1. The van der Waals surface area contributed by atoms with Crippen LogP contribution in [-0.2, 0) is 9.47 Å². The van der Waals surface area contributed by atoms with E-state index in [2.05, 4.69) is 4.98 Å². The molecule has 1 aromatic heterocycles. The molecule has 0 spiro atoms. The van der Waals surface area contributed by atoms with Crippen molar-refractivity contribution in [2.45, 2.75) is 12.4 Å². The first kappa shape index (κ1) is 17.2. The third-order valence-electron chi connectivity index (χ3n) is 3.59. The molecular weight excluding hydrogens is 298 g/mol. The molecule has 2 rings (SSSR count). The van der Waals surface area contributed by atoms with Crippen LogP contribution in [0.15, 0.2) is 36.7 Å². The van der Waals surface area contributed by atoms with Crippen LogP contribution in [0.1, 0.15) is 29.1 Å². The first-order valence-corrected chi connectivity index (χ1v) is 7.05. The highest BCUT2D eigenvalue weighted by atomic mass is 16.7. The predicted octanol–water partition coefficient (Wildman–Crippen LogP) is 2.47. The van der Waals surface area contributed by atoms with Gasteiger partial charge in [-0.05, 0) is 35.4 Å². The molecule has 1 atom stereocenters. The van der Waals surface area contributed by atoms with Crippen molar-refractivity contribution in [3.8, 4) is 11.5 Å². The second-order valence-corrected chi connectivity index (χ2v) is 4.82. The van der Waals surface area contributed by atoms with Gasteiger partial charge in [-0.15, -0.1) is 0 Å². The average Bonchev–Trinajstić information content (AvgIpc) is 2.62. The molecule has 0 radical (unpaired) electrons. The van der Waals surface area contributed by atoms with Crippen molar-refractivity contribution in [1.82, 2.24) is 4.98 Å². The monoisotopic (exact) mass is 319 g/mol. The van der Waals surface area contributed by atoms with Gasteiger partial charge in [-0.25, -0.2) is 0 Å². The fourth-order valence-corrected chi connectivity index (χ4v) is 2.43. The SMILES string of the molecule is COc1cc(C(OC)OC)c(C(O)c2ccncc2)cc1OC. The lowest BCUT2D eigenvalue weighted by Gasteiger charge is -2.23. The van der Waals surface area contributed by atoms with Crippen LogP contribution >= 0.6 is 0 Å². The summed E-state index contributed by atoms with van der Waals surface area (Å²) in [4.78, 5) is 3.97. The lowest BCUT2D eigenvalue weighted by atomic mass is 9.96. The van der Waals surface area contributed by atoms with Crippen molar-refractivity contribution in [3.63, 3.8) is 0 Å². The minimum Gasteiger partial charge on any atom is -0.493 e. The number of rotatable bonds is 7. The highest BCUT2D eigenvalue weighted by Gasteiger charge is 2.24. The van der Waals surface area contributed by atoms with Crippen LogP contribution < -0.4 is 9.47 Å². The van der Waals surface area contributed by atoms with Gasteiger partial charge < -0.3 is 24.1 Å². The van der Waals surface area contributed by atoms with E-state index in [1.54, 1.807) is 50.9 Å². The first-order valence-electron chi connectivity index (χ1n) is 7.05. The predicted molar refractivity (Wildman–Crippen MR) is 84.6 cm³/mol. The van der Waals surface area contributed by atoms with Crippen LogP contribution in [0.25, 0.3) is 0 Å². The second-order valence-electron chi connectivity index (χ2n) is 4.82. The molecule has 0 aliphatic heterocycles. The summed E-state index contributed by atoms with van der Waals surface area (Å²) in [6, 6.07) is 6.97. The number of aliphatic hydroxyl groups is 1. The molecular formula is C17H21NO5. The Morgan fingerprint density at radius 1 is 0.870 bits per heavy atom. The minimum atomic E-state index is -0.874. The number of aromatic nitrogens is 1. The summed E-state index contributed by atoms with van der Waals surface area (Å²) in [7, 11) is 6.17. The molecule has 0 saturated carbocycles. The molecule has 6 heteroatoms. The van der Waals surface area contributed by atoms with Gasteiger partial charge in [0.2, 0.25) is 0 Å². The summed E-state index contributed by atoms with van der Waals surface area (Å²) in [5.41, 5.74) is 1.99. The van der Waals surface area contributed by atoms with Crippen LogP contribution in [0.4, 0.5) is 0 Å². The zero-order valence-corrected chi connectivity index (χ0v) is 13.6. The normalized spacial score (nSPS) is 12.3. The summed E-state index contributed by atoms with van der Waals surface area (Å²) in [5.74, 6) is 1.05. The Bertz CT molecular complexity index is 628. The zero-order valence-electron chi connectivity index (χ0n) is 13.6. The standard InChI is InChI=1S/C17H21NO5/c1-20-14-9-12(16(19)11-5-7-18-8-6-11)13(10-15(14)21-2)17(22-3)23-4/h5-10,16-17,19H,1-4H3. The summed E-state index contributed by atoms with van der Waals surface area (Å²) < 4.78 is 21.3. The van der Waals surface area contributed by atoms with Crippen molar-refractivity contribution < 1.29 is 24.1 Å². The van der Waals surface area contributed by atoms with Gasteiger partial charge in [0.1, 0.15) is 6.10 Å². The first-order chi connectivity index (χ1) is 11.2. The molecule has 0 amide bonds. The Kier molecular flexibility index (Phi) is 5.92. The molecule has 1 heterocycles. The van der Waals surface area contributed by atoms with E-state index in [9.17, 15) is 5.11 Å². The van der Waals surface area contributed by atoms with Crippen molar-refractivity contribution in [3.05, 3.63) is 53.3 Å². The van der Waals surface area contributed by atoms with E-state index in [4.69, 9.17) is 18.9 Å². The van der Waals surface area contributed by atoms with E-state index in [1.165, 1.54) is 14.2 Å². The summed E-state index contributed by atoms with van der Waals surface area (Å²) in [5, 5.41) is 10.8. The number of methoxy groups -OCH3 is 4. The number of nitrogens with zero attached hydrogens (tertiary/aromatic N) is 1. The Hall–Kier alpha value is -2.15. The maximum atomic E-state index is 10.8. The molecule has 1 aromatic carbocycles. The topological polar surface area (TPSA) is 70.0 Å². The Morgan fingerprint density at radius 3 is 1.87 bits per heavy atom. The van der Waals surface area contributed by atoms with Gasteiger partial charge in [-0.3, -0.25) is 4.98 Å². The van der Waals surface area contributed by atoms with Gasteiger partial charge >= 0.3 is 0 Å². The molecule has 6 nitrogen and oxygen atoms in total. The summed E-state index contributed by atoms with van der Waals surface area (Å²) >= 11 is 0. The molecule has 0 aliphatic rings. The van der Waals surface area contributed by atoms with Gasteiger partial charge in [-0.2, -0.15) is 0 Å². The number of hydrogen-bond donors (Lipinski definition) is 1. The molecule has 2 aromatic rings. The van der Waals surface area contributed by atoms with E-state index < -0.39 is 12.4 Å². The van der Waals surface area contributed by atoms with Crippen LogP contribution in [0.5, 0.6) is 11.5 Å². The van der Waals surface area contributed by atoms with Gasteiger partial charge in [0, 0.05) is 32.2 Å². The van der Waals surface area contributed by atoms with Gasteiger partial charge in [0.25, 0.3) is 0 Å². The van der Waals surface area contributed by atoms with Crippen molar-refractivity contribution in [2.24, 2.45) is 0 Å². The van der Waals surface area contributed by atoms with Crippen molar-refractivity contribution in [2.75, 3.05) is 28.4 Å². The Labute approximate surface area is 135 Å². The van der Waals surface area contributed by atoms with Crippen LogP contribution in [0.3, 0.4) is 0 Å². The number of ether oxygens (including phenoxy) is 4. The van der Waals surface area contributed by atoms with Crippen LogP contribution in [-0.4, -0.2) is 38.5 Å². The fourth-order valence-electron chi connectivity index (χ4n) is 2.43. The lowest BCUT2D eigenvalue weighted by Crippen LogP contribution is -2.12. The molecule has 0 saturated heterocycles. The quantitative estimate of drug-likeness (QED) is 0.791. The third-order valence-corrected chi connectivity index (χ3v) is 3.59. The van der Waals surface area contributed by atoms with Gasteiger partial charge in [0.05, 0.1) is 14.2 Å².